The van der Waals surface area contributed by atoms with E-state index in [1.54, 1.807) is 12.1 Å². The summed E-state index contributed by atoms with van der Waals surface area (Å²) in [5, 5.41) is 4.25. The first-order chi connectivity index (χ1) is 14.2. The lowest BCUT2D eigenvalue weighted by Crippen LogP contribution is -2.39. The molecule has 9 heteroatoms. The Morgan fingerprint density at radius 3 is 2.50 bits per heavy atom. The molecule has 0 saturated carbocycles. The molecule has 2 aromatic carbocycles. The minimum absolute atomic E-state index is 0.0421. The Morgan fingerprint density at radius 1 is 1.17 bits per heavy atom. The minimum atomic E-state index is -3.12. The van der Waals surface area contributed by atoms with Gasteiger partial charge in [0.15, 0.2) is 15.0 Å². The molecule has 158 valence electrons. The van der Waals surface area contributed by atoms with Crippen LogP contribution in [0.5, 0.6) is 0 Å². The van der Waals surface area contributed by atoms with Gasteiger partial charge in [0, 0.05) is 16.4 Å². The molecular formula is C21H22ClN3O3S2. The predicted molar refractivity (Wildman–Crippen MR) is 125 cm³/mol. The van der Waals surface area contributed by atoms with Crippen LogP contribution in [0.3, 0.4) is 0 Å². The van der Waals surface area contributed by atoms with E-state index in [0.29, 0.717) is 10.2 Å². The van der Waals surface area contributed by atoms with Crippen LogP contribution in [0.2, 0.25) is 5.02 Å². The number of amides is 1. The normalized spacial score (nSPS) is 22.0. The number of amidine groups is 1. The molecular weight excluding hydrogens is 442 g/mol. The van der Waals surface area contributed by atoms with Gasteiger partial charge in [-0.2, -0.15) is 0 Å². The molecule has 2 aromatic rings. The summed E-state index contributed by atoms with van der Waals surface area (Å²) >= 11 is 7.34. The molecule has 2 atom stereocenters. The topological polar surface area (TPSA) is 78.8 Å². The maximum absolute atomic E-state index is 12.6. The van der Waals surface area contributed by atoms with Crippen molar-refractivity contribution in [2.45, 2.75) is 25.9 Å². The third-order valence-electron chi connectivity index (χ3n) is 5.29. The third kappa shape index (κ3) is 4.36. The first-order valence-electron chi connectivity index (χ1n) is 9.55. The van der Waals surface area contributed by atoms with E-state index in [1.165, 1.54) is 11.8 Å². The second-order valence-electron chi connectivity index (χ2n) is 7.57. The number of sulfone groups is 1. The summed E-state index contributed by atoms with van der Waals surface area (Å²) in [6, 6.07) is 12.5. The number of anilines is 2. The Hall–Kier alpha value is -2.03. The van der Waals surface area contributed by atoms with Crippen molar-refractivity contribution < 1.29 is 13.2 Å². The van der Waals surface area contributed by atoms with Gasteiger partial charge in [-0.15, -0.1) is 0 Å². The minimum Gasteiger partial charge on any atom is -0.325 e. The Kier molecular flexibility index (Phi) is 5.83. The molecule has 0 bridgehead atoms. The predicted octanol–water partition coefficient (Wildman–Crippen LogP) is 3.67. The molecule has 1 fully saturated rings. The zero-order chi connectivity index (χ0) is 21.5. The zero-order valence-electron chi connectivity index (χ0n) is 16.6. The van der Waals surface area contributed by atoms with Gasteiger partial charge in [-0.05, 0) is 49.2 Å². The van der Waals surface area contributed by atoms with Crippen LogP contribution in [-0.2, 0) is 14.6 Å². The van der Waals surface area contributed by atoms with E-state index in [0.717, 1.165) is 22.5 Å². The van der Waals surface area contributed by atoms with Crippen molar-refractivity contribution in [2.75, 3.05) is 27.5 Å². The number of halogens is 1. The maximum Gasteiger partial charge on any atom is 0.234 e. The lowest BCUT2D eigenvalue weighted by atomic mass is 10.1. The van der Waals surface area contributed by atoms with E-state index in [9.17, 15) is 13.2 Å². The summed E-state index contributed by atoms with van der Waals surface area (Å²) in [6.07, 6.45) is 0. The Morgan fingerprint density at radius 2 is 1.83 bits per heavy atom. The standard InChI is InChI=1S/C21H22ClN3O3S2/c1-13-4-3-5-14(2)20(13)24-19(26)10-29-21-23-17-11-30(27,28)12-18(17)25(21)16-8-6-15(22)7-9-16/h3-9,17-18H,10-12H2,1-2H3,(H,24,26)/t17-,18-/m1/s1. The summed E-state index contributed by atoms with van der Waals surface area (Å²) < 4.78 is 24.3. The number of hydrogen-bond acceptors (Lipinski definition) is 6. The number of para-hydroxylation sites is 1. The molecule has 0 aromatic heterocycles. The summed E-state index contributed by atoms with van der Waals surface area (Å²) in [5.74, 6) is 0.159. The van der Waals surface area contributed by atoms with E-state index in [-0.39, 0.29) is 35.2 Å². The molecule has 2 aliphatic heterocycles. The second-order valence-corrected chi connectivity index (χ2v) is 11.1. The SMILES string of the molecule is Cc1cccc(C)c1NC(=O)CSC1=N[C@@H]2CS(=O)(=O)C[C@H]2N1c1ccc(Cl)cc1. The zero-order valence-corrected chi connectivity index (χ0v) is 19.0. The summed E-state index contributed by atoms with van der Waals surface area (Å²) in [5.41, 5.74) is 3.67. The number of thioether (sulfide) groups is 1. The third-order valence-corrected chi connectivity index (χ3v) is 8.21. The molecule has 30 heavy (non-hydrogen) atoms. The Balaban J connectivity index is 1.51. The van der Waals surface area contributed by atoms with Gasteiger partial charge in [-0.1, -0.05) is 41.6 Å². The summed E-state index contributed by atoms with van der Waals surface area (Å²) in [4.78, 5) is 19.2. The van der Waals surface area contributed by atoms with Gasteiger partial charge < -0.3 is 10.2 Å². The first-order valence-corrected chi connectivity index (χ1v) is 12.7. The largest absolute Gasteiger partial charge is 0.325 e. The van der Waals surface area contributed by atoms with Crippen LogP contribution in [0.4, 0.5) is 11.4 Å². The number of carbonyl (C=O) groups is 1. The Bertz CT molecular complexity index is 1100. The molecule has 1 saturated heterocycles. The van der Waals surface area contributed by atoms with Gasteiger partial charge in [-0.25, -0.2) is 8.42 Å². The average Bonchev–Trinajstić information content (AvgIpc) is 3.15. The van der Waals surface area contributed by atoms with Gasteiger partial charge >= 0.3 is 0 Å². The van der Waals surface area contributed by atoms with E-state index >= 15 is 0 Å². The van der Waals surface area contributed by atoms with Crippen LogP contribution < -0.4 is 10.2 Å². The van der Waals surface area contributed by atoms with Gasteiger partial charge in [0.25, 0.3) is 0 Å². The van der Waals surface area contributed by atoms with E-state index in [4.69, 9.17) is 11.6 Å². The number of nitrogens with zero attached hydrogens (tertiary/aromatic N) is 2. The van der Waals surface area contributed by atoms with Crippen LogP contribution in [0.15, 0.2) is 47.5 Å². The molecule has 0 aliphatic carbocycles. The molecule has 0 spiro atoms. The fraction of sp³-hybridized carbons (Fsp3) is 0.333. The van der Waals surface area contributed by atoms with E-state index in [2.05, 4.69) is 10.3 Å². The van der Waals surface area contributed by atoms with Crippen LogP contribution in [-0.4, -0.2) is 48.8 Å². The number of aryl methyl sites for hydroxylation is 2. The number of rotatable bonds is 4. The lowest BCUT2D eigenvalue weighted by Gasteiger charge is -2.26. The lowest BCUT2D eigenvalue weighted by molar-refractivity contribution is -0.113. The van der Waals surface area contributed by atoms with Crippen molar-refractivity contribution >= 4 is 55.6 Å². The quantitative estimate of drug-likeness (QED) is 0.748. The highest BCUT2D eigenvalue weighted by Crippen LogP contribution is 2.35. The van der Waals surface area contributed by atoms with Crippen molar-refractivity contribution in [3.05, 3.63) is 58.6 Å². The van der Waals surface area contributed by atoms with Gasteiger partial charge in [0.05, 0.1) is 29.3 Å². The van der Waals surface area contributed by atoms with E-state index < -0.39 is 9.84 Å². The summed E-state index contributed by atoms with van der Waals surface area (Å²) in [7, 11) is -3.12. The highest BCUT2D eigenvalue weighted by Gasteiger charge is 2.47. The highest BCUT2D eigenvalue weighted by atomic mass is 35.5. The fourth-order valence-corrected chi connectivity index (χ4v) is 6.75. The van der Waals surface area contributed by atoms with Crippen molar-refractivity contribution in [2.24, 2.45) is 4.99 Å². The average molecular weight is 464 g/mol. The maximum atomic E-state index is 12.6. The smallest absolute Gasteiger partial charge is 0.234 e. The fourth-order valence-electron chi connectivity index (χ4n) is 3.85. The molecule has 4 rings (SSSR count). The van der Waals surface area contributed by atoms with Crippen molar-refractivity contribution in [3.8, 4) is 0 Å². The molecule has 0 radical (unpaired) electrons. The molecule has 1 amide bonds. The van der Waals surface area contributed by atoms with Crippen molar-refractivity contribution in [1.82, 2.24) is 0 Å². The molecule has 0 unspecified atom stereocenters. The Labute approximate surface area is 185 Å². The molecule has 1 N–H and O–H groups in total. The monoisotopic (exact) mass is 463 g/mol. The number of fused-ring (bicyclic) bond motifs is 1. The van der Waals surface area contributed by atoms with Crippen LogP contribution >= 0.6 is 23.4 Å². The van der Waals surface area contributed by atoms with Gasteiger partial charge in [-0.3, -0.25) is 9.79 Å². The second kappa shape index (κ2) is 8.24. The number of benzene rings is 2. The number of aliphatic imine (C=N–C) groups is 1. The summed E-state index contributed by atoms with van der Waals surface area (Å²) in [6.45, 7) is 3.92. The van der Waals surface area contributed by atoms with E-state index in [1.807, 2.05) is 49.1 Å². The van der Waals surface area contributed by atoms with Gasteiger partial charge in [0.2, 0.25) is 5.91 Å². The molecule has 2 aliphatic rings. The van der Waals surface area contributed by atoms with Crippen LogP contribution in [0.25, 0.3) is 0 Å². The first kappa shape index (κ1) is 21.2. The van der Waals surface area contributed by atoms with Crippen LogP contribution in [0.1, 0.15) is 11.1 Å². The number of nitrogens with one attached hydrogen (secondary N) is 1. The van der Waals surface area contributed by atoms with Gasteiger partial charge in [0.1, 0.15) is 0 Å². The number of hydrogen-bond donors (Lipinski definition) is 1. The molecule has 2 heterocycles. The highest BCUT2D eigenvalue weighted by molar-refractivity contribution is 8.14. The molecule has 6 nitrogen and oxygen atoms in total. The van der Waals surface area contributed by atoms with Crippen LogP contribution in [0, 0.1) is 13.8 Å². The van der Waals surface area contributed by atoms with Crippen molar-refractivity contribution in [1.29, 1.82) is 0 Å². The number of carbonyl (C=O) groups excluding carboxylic acids is 1. The van der Waals surface area contributed by atoms with Crippen molar-refractivity contribution in [3.63, 3.8) is 0 Å².